The zero-order valence-electron chi connectivity index (χ0n) is 11.5. The summed E-state index contributed by atoms with van der Waals surface area (Å²) in [5.41, 5.74) is 3.06. The van der Waals surface area contributed by atoms with Crippen LogP contribution in [0.3, 0.4) is 0 Å². The number of allylic oxidation sites excluding steroid dienone is 2. The Morgan fingerprint density at radius 3 is 2.06 bits per heavy atom. The molecule has 17 heavy (non-hydrogen) atoms. The summed E-state index contributed by atoms with van der Waals surface area (Å²) >= 11 is 0. The molecule has 0 fully saturated rings. The highest BCUT2D eigenvalue weighted by Gasteiger charge is 2.15. The van der Waals surface area contributed by atoms with Crippen LogP contribution < -0.4 is 0 Å². The number of carbonyl (C=O) groups excluding carboxylic acids is 1. The highest BCUT2D eigenvalue weighted by molar-refractivity contribution is 6.08. The highest BCUT2D eigenvalue weighted by Crippen LogP contribution is 2.23. The van der Waals surface area contributed by atoms with E-state index < -0.39 is 0 Å². The van der Waals surface area contributed by atoms with Crippen LogP contribution in [0.25, 0.3) is 0 Å². The van der Waals surface area contributed by atoms with Gasteiger partial charge in [0, 0.05) is 5.56 Å². The van der Waals surface area contributed by atoms with E-state index in [9.17, 15) is 4.79 Å². The first-order chi connectivity index (χ1) is 7.90. The Morgan fingerprint density at radius 1 is 1.18 bits per heavy atom. The van der Waals surface area contributed by atoms with Gasteiger partial charge in [-0.05, 0) is 29.9 Å². The fraction of sp³-hybridized carbons (Fsp3) is 0.438. The molecule has 0 aliphatic carbocycles. The van der Waals surface area contributed by atoms with E-state index in [-0.39, 0.29) is 11.2 Å². The first-order valence-corrected chi connectivity index (χ1v) is 6.20. The van der Waals surface area contributed by atoms with Crippen LogP contribution in [-0.2, 0) is 5.41 Å². The molecule has 0 aliphatic heterocycles. The molecular weight excluding hydrogens is 208 g/mol. The molecule has 0 bridgehead atoms. The van der Waals surface area contributed by atoms with E-state index in [1.165, 1.54) is 5.56 Å². The number of hydrogen-bond acceptors (Lipinski definition) is 1. The lowest BCUT2D eigenvalue weighted by atomic mass is 9.86. The third-order valence-corrected chi connectivity index (χ3v) is 3.03. The summed E-state index contributed by atoms with van der Waals surface area (Å²) in [6.07, 6.45) is 2.69. The van der Waals surface area contributed by atoms with Crippen LogP contribution in [-0.4, -0.2) is 5.78 Å². The number of benzene rings is 1. The molecule has 92 valence electrons. The maximum atomic E-state index is 12.1. The van der Waals surface area contributed by atoms with Gasteiger partial charge in [0.15, 0.2) is 5.78 Å². The van der Waals surface area contributed by atoms with Gasteiger partial charge in [0.25, 0.3) is 0 Å². The number of ketones is 1. The maximum absolute atomic E-state index is 12.1. The van der Waals surface area contributed by atoms with E-state index in [4.69, 9.17) is 0 Å². The summed E-state index contributed by atoms with van der Waals surface area (Å²) in [7, 11) is 0. The van der Waals surface area contributed by atoms with Crippen LogP contribution in [0.5, 0.6) is 0 Å². The summed E-state index contributed by atoms with van der Waals surface area (Å²) in [4.78, 5) is 12.1. The predicted octanol–water partition coefficient (Wildman–Crippen LogP) is 4.52. The molecule has 0 N–H and O–H groups in total. The summed E-state index contributed by atoms with van der Waals surface area (Å²) in [6, 6.07) is 7.97. The van der Waals surface area contributed by atoms with Gasteiger partial charge < -0.3 is 0 Å². The standard InChI is InChI=1S/C16H22O/c1-6-12(7-2)15(17)13-8-10-14(11-9-13)16(3,4)5/h6,8-11H,7H2,1-5H3/b12-6-. The molecule has 0 heterocycles. The van der Waals surface area contributed by atoms with E-state index in [1.54, 1.807) is 0 Å². The van der Waals surface area contributed by atoms with Crippen molar-refractivity contribution in [3.8, 4) is 0 Å². The molecule has 0 amide bonds. The quantitative estimate of drug-likeness (QED) is 0.551. The Morgan fingerprint density at radius 2 is 1.71 bits per heavy atom. The second-order valence-corrected chi connectivity index (χ2v) is 5.32. The molecule has 0 spiro atoms. The highest BCUT2D eigenvalue weighted by atomic mass is 16.1. The Bertz CT molecular complexity index is 416. The molecule has 0 radical (unpaired) electrons. The van der Waals surface area contributed by atoms with E-state index >= 15 is 0 Å². The lowest BCUT2D eigenvalue weighted by Crippen LogP contribution is -2.11. The predicted molar refractivity (Wildman–Crippen MR) is 73.5 cm³/mol. The molecule has 0 atom stereocenters. The molecule has 1 rings (SSSR count). The van der Waals surface area contributed by atoms with Crippen molar-refractivity contribution in [1.82, 2.24) is 0 Å². The van der Waals surface area contributed by atoms with Gasteiger partial charge in [-0.2, -0.15) is 0 Å². The third-order valence-electron chi connectivity index (χ3n) is 3.03. The minimum absolute atomic E-state index is 0.135. The SMILES string of the molecule is C/C=C(/CC)C(=O)c1ccc(C(C)(C)C)cc1. The second kappa shape index (κ2) is 5.31. The summed E-state index contributed by atoms with van der Waals surface area (Å²) in [5.74, 6) is 0.149. The van der Waals surface area contributed by atoms with Crippen molar-refractivity contribution in [2.24, 2.45) is 0 Å². The summed E-state index contributed by atoms with van der Waals surface area (Å²) in [6.45, 7) is 10.4. The Hall–Kier alpha value is -1.37. The lowest BCUT2D eigenvalue weighted by molar-refractivity contribution is 0.103. The number of Topliss-reactive ketones (excluding diaryl/α,β-unsaturated/α-hetero) is 1. The number of rotatable bonds is 3. The van der Waals surface area contributed by atoms with E-state index in [0.29, 0.717) is 0 Å². The molecule has 0 aromatic heterocycles. The van der Waals surface area contributed by atoms with E-state index in [2.05, 4.69) is 32.9 Å². The van der Waals surface area contributed by atoms with Gasteiger partial charge in [0.1, 0.15) is 0 Å². The summed E-state index contributed by atoms with van der Waals surface area (Å²) < 4.78 is 0. The van der Waals surface area contributed by atoms with Gasteiger partial charge in [-0.25, -0.2) is 0 Å². The largest absolute Gasteiger partial charge is 0.289 e. The fourth-order valence-corrected chi connectivity index (χ4v) is 1.80. The normalized spacial score (nSPS) is 12.6. The molecule has 1 aromatic carbocycles. The zero-order chi connectivity index (χ0) is 13.1. The fourth-order valence-electron chi connectivity index (χ4n) is 1.80. The van der Waals surface area contributed by atoms with Crippen molar-refractivity contribution < 1.29 is 4.79 Å². The van der Waals surface area contributed by atoms with Gasteiger partial charge in [-0.1, -0.05) is 58.0 Å². The first-order valence-electron chi connectivity index (χ1n) is 6.20. The van der Waals surface area contributed by atoms with Crippen LogP contribution >= 0.6 is 0 Å². The zero-order valence-corrected chi connectivity index (χ0v) is 11.5. The third kappa shape index (κ3) is 3.29. The molecule has 0 saturated carbocycles. The maximum Gasteiger partial charge on any atom is 0.188 e. The number of carbonyl (C=O) groups is 1. The second-order valence-electron chi connectivity index (χ2n) is 5.32. The minimum atomic E-state index is 0.135. The average molecular weight is 230 g/mol. The average Bonchev–Trinajstić information content (AvgIpc) is 2.29. The van der Waals surface area contributed by atoms with Crippen LogP contribution in [0, 0.1) is 0 Å². The van der Waals surface area contributed by atoms with Crippen molar-refractivity contribution in [3.63, 3.8) is 0 Å². The van der Waals surface area contributed by atoms with Crippen molar-refractivity contribution in [1.29, 1.82) is 0 Å². The monoisotopic (exact) mass is 230 g/mol. The van der Waals surface area contributed by atoms with Crippen molar-refractivity contribution in [3.05, 3.63) is 47.0 Å². The van der Waals surface area contributed by atoms with Crippen LogP contribution in [0.15, 0.2) is 35.9 Å². The van der Waals surface area contributed by atoms with Gasteiger partial charge in [0.2, 0.25) is 0 Å². The smallest absolute Gasteiger partial charge is 0.188 e. The molecule has 0 saturated heterocycles. The van der Waals surface area contributed by atoms with E-state index in [0.717, 1.165) is 17.6 Å². The Kier molecular flexibility index (Phi) is 4.28. The Balaban J connectivity index is 3.00. The van der Waals surface area contributed by atoms with Crippen molar-refractivity contribution in [2.75, 3.05) is 0 Å². The molecule has 1 aromatic rings. The van der Waals surface area contributed by atoms with Crippen molar-refractivity contribution >= 4 is 5.78 Å². The summed E-state index contributed by atoms with van der Waals surface area (Å²) in [5, 5.41) is 0. The molecule has 1 nitrogen and oxygen atoms in total. The Labute approximate surface area is 105 Å². The van der Waals surface area contributed by atoms with Gasteiger partial charge in [-0.3, -0.25) is 4.79 Å². The topological polar surface area (TPSA) is 17.1 Å². The first kappa shape index (κ1) is 13.7. The van der Waals surface area contributed by atoms with Crippen LogP contribution in [0.4, 0.5) is 0 Å². The van der Waals surface area contributed by atoms with Gasteiger partial charge in [-0.15, -0.1) is 0 Å². The molecular formula is C16H22O. The van der Waals surface area contributed by atoms with E-state index in [1.807, 2.05) is 32.1 Å². The minimum Gasteiger partial charge on any atom is -0.289 e. The lowest BCUT2D eigenvalue weighted by Gasteiger charge is -2.19. The van der Waals surface area contributed by atoms with Gasteiger partial charge in [0.05, 0.1) is 0 Å². The van der Waals surface area contributed by atoms with Crippen LogP contribution in [0.2, 0.25) is 0 Å². The van der Waals surface area contributed by atoms with Crippen molar-refractivity contribution in [2.45, 2.75) is 46.5 Å². The van der Waals surface area contributed by atoms with Crippen LogP contribution in [0.1, 0.15) is 57.0 Å². The van der Waals surface area contributed by atoms with Gasteiger partial charge >= 0.3 is 0 Å². The molecule has 0 unspecified atom stereocenters. The number of hydrogen-bond donors (Lipinski definition) is 0. The molecule has 0 aliphatic rings. The molecule has 1 heteroatoms.